The van der Waals surface area contributed by atoms with E-state index in [1.54, 1.807) is 0 Å². The van der Waals surface area contributed by atoms with Crippen molar-refractivity contribution in [3.63, 3.8) is 0 Å². The highest BCUT2D eigenvalue weighted by Crippen LogP contribution is 2.23. The first-order chi connectivity index (χ1) is 16.0. The van der Waals surface area contributed by atoms with E-state index in [-0.39, 0.29) is 6.61 Å². The molecule has 0 radical (unpaired) electrons. The molecule has 0 bridgehead atoms. The molecule has 0 unspecified atom stereocenters. The Morgan fingerprint density at radius 2 is 1.09 bits per heavy atom. The Balaban J connectivity index is 2.23. The number of hydrogen-bond donors (Lipinski definition) is 3. The third-order valence-electron chi connectivity index (χ3n) is 6.32. The zero-order valence-electron chi connectivity index (χ0n) is 21.1. The van der Waals surface area contributed by atoms with Crippen LogP contribution in [0.15, 0.2) is 0 Å². The number of aliphatic hydroxyl groups excluding tert-OH is 3. The van der Waals surface area contributed by atoms with E-state index in [1.165, 1.54) is 64.2 Å². The van der Waals surface area contributed by atoms with Gasteiger partial charge in [-0.3, -0.25) is 0 Å². The monoisotopic (exact) mass is 474 g/mol. The van der Waals surface area contributed by atoms with Gasteiger partial charge in [0.15, 0.2) is 12.4 Å². The van der Waals surface area contributed by atoms with Gasteiger partial charge >= 0.3 is 5.97 Å². The lowest BCUT2D eigenvalue weighted by molar-refractivity contribution is -0.295. The third-order valence-corrected chi connectivity index (χ3v) is 6.32. The number of esters is 1. The van der Waals surface area contributed by atoms with Gasteiger partial charge in [0.25, 0.3) is 0 Å². The van der Waals surface area contributed by atoms with Crippen LogP contribution in [-0.4, -0.2) is 65.2 Å². The fraction of sp³-hybridized carbons (Fsp3) is 0.962. The van der Waals surface area contributed by atoms with E-state index in [0.29, 0.717) is 6.61 Å². The van der Waals surface area contributed by atoms with Crippen molar-refractivity contribution >= 4 is 5.97 Å². The van der Waals surface area contributed by atoms with Crippen LogP contribution in [0, 0.1) is 0 Å². The van der Waals surface area contributed by atoms with Crippen LogP contribution in [-0.2, 0) is 19.0 Å². The van der Waals surface area contributed by atoms with Crippen molar-refractivity contribution in [1.29, 1.82) is 0 Å². The number of hydrogen-bond acceptors (Lipinski definition) is 7. The van der Waals surface area contributed by atoms with Gasteiger partial charge in [-0.25, -0.2) is 4.79 Å². The zero-order valence-corrected chi connectivity index (χ0v) is 21.1. The van der Waals surface area contributed by atoms with E-state index >= 15 is 0 Å². The lowest BCUT2D eigenvalue weighted by Crippen LogP contribution is -2.60. The molecular formula is C26H50O7. The number of carbonyl (C=O) groups is 1. The standard InChI is InChI=1S/C26H50O7/c1-3-5-7-9-11-13-15-17-19-31-25(30)24-22(28)21(27)23(29)26(33-24)32-20-18-16-14-12-10-8-6-4-2/h21-24,26-29H,3-20H2,1-2H3/t21-,22+,23+,24-,26+/m0/s1. The first-order valence-corrected chi connectivity index (χ1v) is 13.5. The average Bonchev–Trinajstić information content (AvgIpc) is 2.81. The first kappa shape index (κ1) is 30.3. The summed E-state index contributed by atoms with van der Waals surface area (Å²) in [6.07, 6.45) is 11.3. The SMILES string of the molecule is CCCCCCCCCCOC(=O)[C@H]1O[C@@H](OCCCCCCCCCC)[C@H](O)[C@@H](O)[C@H]1O. The van der Waals surface area contributed by atoms with Gasteiger partial charge in [0.2, 0.25) is 0 Å². The Kier molecular flexibility index (Phi) is 18.0. The molecule has 0 saturated carbocycles. The summed E-state index contributed by atoms with van der Waals surface area (Å²) < 4.78 is 16.3. The summed E-state index contributed by atoms with van der Waals surface area (Å²) in [7, 11) is 0. The highest BCUT2D eigenvalue weighted by atomic mass is 16.7. The molecular weight excluding hydrogens is 424 g/mol. The quantitative estimate of drug-likeness (QED) is 0.174. The molecule has 1 fully saturated rings. The summed E-state index contributed by atoms with van der Waals surface area (Å²) in [5.74, 6) is -0.725. The maximum Gasteiger partial charge on any atom is 0.338 e. The number of rotatable bonds is 20. The lowest BCUT2D eigenvalue weighted by atomic mass is 9.99. The third kappa shape index (κ3) is 13.1. The van der Waals surface area contributed by atoms with Gasteiger partial charge < -0.3 is 29.5 Å². The molecule has 0 spiro atoms. The summed E-state index contributed by atoms with van der Waals surface area (Å²) >= 11 is 0. The van der Waals surface area contributed by atoms with Crippen molar-refractivity contribution in [3.8, 4) is 0 Å². The minimum absolute atomic E-state index is 0.253. The van der Waals surface area contributed by atoms with Crippen LogP contribution in [0.25, 0.3) is 0 Å². The van der Waals surface area contributed by atoms with E-state index in [0.717, 1.165) is 38.5 Å². The Morgan fingerprint density at radius 1 is 0.636 bits per heavy atom. The second-order valence-corrected chi connectivity index (χ2v) is 9.38. The fourth-order valence-corrected chi connectivity index (χ4v) is 4.11. The molecule has 0 aromatic rings. The van der Waals surface area contributed by atoms with Crippen LogP contribution in [0.5, 0.6) is 0 Å². The van der Waals surface area contributed by atoms with Gasteiger partial charge in [0.1, 0.15) is 18.3 Å². The second kappa shape index (κ2) is 19.6. The summed E-state index contributed by atoms with van der Waals surface area (Å²) in [5.41, 5.74) is 0. The summed E-state index contributed by atoms with van der Waals surface area (Å²) in [6, 6.07) is 0. The highest BCUT2D eigenvalue weighted by Gasteiger charge is 2.48. The van der Waals surface area contributed by atoms with Crippen molar-refractivity contribution < 1.29 is 34.3 Å². The molecule has 7 nitrogen and oxygen atoms in total. The van der Waals surface area contributed by atoms with Gasteiger partial charge in [-0.2, -0.15) is 0 Å². The van der Waals surface area contributed by atoms with Crippen LogP contribution in [0.1, 0.15) is 117 Å². The molecule has 1 saturated heterocycles. The van der Waals surface area contributed by atoms with Gasteiger partial charge in [-0.1, -0.05) is 104 Å². The predicted octanol–water partition coefficient (Wildman–Crippen LogP) is 4.64. The van der Waals surface area contributed by atoms with E-state index < -0.39 is 36.7 Å². The van der Waals surface area contributed by atoms with E-state index in [4.69, 9.17) is 14.2 Å². The van der Waals surface area contributed by atoms with Crippen LogP contribution < -0.4 is 0 Å². The van der Waals surface area contributed by atoms with Gasteiger partial charge in [-0.15, -0.1) is 0 Å². The molecule has 0 aromatic heterocycles. The molecule has 33 heavy (non-hydrogen) atoms. The molecule has 1 aliphatic heterocycles. The molecule has 0 amide bonds. The second-order valence-electron chi connectivity index (χ2n) is 9.38. The van der Waals surface area contributed by atoms with Gasteiger partial charge in [-0.05, 0) is 12.8 Å². The van der Waals surface area contributed by atoms with Gasteiger partial charge in [0.05, 0.1) is 6.61 Å². The normalized spacial score (nSPS) is 25.3. The molecule has 1 aliphatic rings. The minimum atomic E-state index is -1.55. The smallest absolute Gasteiger partial charge is 0.338 e. The Bertz CT molecular complexity index is 474. The van der Waals surface area contributed by atoms with E-state index in [9.17, 15) is 20.1 Å². The average molecular weight is 475 g/mol. The Morgan fingerprint density at radius 3 is 1.61 bits per heavy atom. The van der Waals surface area contributed by atoms with Crippen LogP contribution >= 0.6 is 0 Å². The van der Waals surface area contributed by atoms with E-state index in [2.05, 4.69) is 13.8 Å². The van der Waals surface area contributed by atoms with Crippen LogP contribution in [0.2, 0.25) is 0 Å². The largest absolute Gasteiger partial charge is 0.464 e. The molecule has 196 valence electrons. The molecule has 0 aromatic carbocycles. The maximum atomic E-state index is 12.4. The lowest BCUT2D eigenvalue weighted by Gasteiger charge is -2.39. The maximum absolute atomic E-state index is 12.4. The number of carbonyl (C=O) groups excluding carboxylic acids is 1. The molecule has 7 heteroatoms. The molecule has 5 atom stereocenters. The van der Waals surface area contributed by atoms with Crippen molar-refractivity contribution in [2.75, 3.05) is 13.2 Å². The molecule has 1 rings (SSSR count). The molecule has 3 N–H and O–H groups in total. The van der Waals surface area contributed by atoms with Gasteiger partial charge in [0, 0.05) is 6.61 Å². The summed E-state index contributed by atoms with van der Waals surface area (Å²) in [5, 5.41) is 30.5. The number of unbranched alkanes of at least 4 members (excludes halogenated alkanes) is 14. The first-order valence-electron chi connectivity index (χ1n) is 13.5. The Hall–Kier alpha value is -0.730. The molecule has 1 heterocycles. The van der Waals surface area contributed by atoms with E-state index in [1.807, 2.05) is 0 Å². The van der Waals surface area contributed by atoms with Crippen LogP contribution in [0.3, 0.4) is 0 Å². The predicted molar refractivity (Wildman–Crippen MR) is 129 cm³/mol. The zero-order chi connectivity index (χ0) is 24.3. The number of aliphatic hydroxyl groups is 3. The summed E-state index contributed by atoms with van der Waals surface area (Å²) in [4.78, 5) is 12.4. The Labute approximate surface area is 201 Å². The summed E-state index contributed by atoms with van der Waals surface area (Å²) in [6.45, 7) is 5.02. The van der Waals surface area contributed by atoms with Crippen molar-refractivity contribution in [2.45, 2.75) is 147 Å². The van der Waals surface area contributed by atoms with Crippen molar-refractivity contribution in [1.82, 2.24) is 0 Å². The topological polar surface area (TPSA) is 105 Å². The highest BCUT2D eigenvalue weighted by molar-refractivity contribution is 5.75. The van der Waals surface area contributed by atoms with Crippen molar-refractivity contribution in [2.24, 2.45) is 0 Å². The minimum Gasteiger partial charge on any atom is -0.464 e. The molecule has 0 aliphatic carbocycles. The fourth-order valence-electron chi connectivity index (χ4n) is 4.11. The van der Waals surface area contributed by atoms with Crippen LogP contribution in [0.4, 0.5) is 0 Å². The van der Waals surface area contributed by atoms with Crippen molar-refractivity contribution in [3.05, 3.63) is 0 Å². The number of ether oxygens (including phenoxy) is 3.